The molecule has 0 aliphatic carbocycles. The fourth-order valence-corrected chi connectivity index (χ4v) is 16.0. The molecule has 0 bridgehead atoms. The zero-order valence-electron chi connectivity index (χ0n) is 72.9. The van der Waals surface area contributed by atoms with Crippen LogP contribution in [0.1, 0.15) is 173 Å². The van der Waals surface area contributed by atoms with Crippen molar-refractivity contribution in [2.45, 2.75) is 92.4 Å². The maximum Gasteiger partial charge on any atom is 0.416 e. The Hall–Kier alpha value is -15.0. The lowest BCUT2D eigenvalue weighted by Crippen LogP contribution is -2.25. The van der Waals surface area contributed by atoms with Crippen LogP contribution < -0.4 is 32.3 Å². The summed E-state index contributed by atoms with van der Waals surface area (Å²) in [6, 6.07) is 37.7. The van der Waals surface area contributed by atoms with E-state index in [1.807, 2.05) is 41.8 Å². The lowest BCUT2D eigenvalue weighted by Gasteiger charge is -2.19. The summed E-state index contributed by atoms with van der Waals surface area (Å²) in [6.45, 7) is 19.2. The standard InChI is InChI=1S/C25H26N4O5S2.C24H24N4O5S2.C20H17F3N4O4S.C19H15F3N4O4S/c1-14(19-13-36-22(21(19)30)15-6-8-16(9-7-15)25(2,3)4)27-28-24(35)26-17-10-11-18(23(31)34-5)20(12-17)29(32)33;1-13(18-12-35-21(20(18)29)14-5-7-15(8-6-14)24(2,3)4)26-27-23(34)25-16-9-10-17(22(30)31)19(11-16)28(32)33;1-10(24-25-18(29)13-8-9-14(32-13)19(30)31-3)15-17(28)16(27(2)26-15)11-4-6-12(7-5-11)20(21,22)23;1-9(23-24-17(28)12-7-8-13(31-12)18(29)30)14-16(27)15(26(2)25-14)10-3-5-11(6-4-10)19(20,21)22/h6-13,30H,1-5H3,(H2,26,28,35);5-12,29H,1-4H3,(H,30,31)(H2,25,27,34);4-9,28H,1-3H3,(H,25,29);3-8,27H,1-2H3,(H,24,28)(H,29,30)/b27-14+;26-13+;24-10+;23-9+. The molecule has 0 unspecified atom stereocenters. The Balaban J connectivity index is 0.000000201. The number of alkyl halides is 6. The zero-order valence-corrected chi connectivity index (χ0v) is 77.8. The molecule has 2 amide bonds. The number of aromatic hydroxyl groups is 4. The second-order valence-electron chi connectivity index (χ2n) is 30.5. The van der Waals surface area contributed by atoms with Gasteiger partial charge in [0.05, 0.1) is 88.7 Å². The number of hydrogen-bond donors (Lipinski definition) is 12. The number of methoxy groups -OCH3 is 2. The molecule has 12 aromatic rings. The topological polar surface area (TPSA) is 486 Å². The first-order valence-corrected chi connectivity index (χ1v) is 43.1. The first-order chi connectivity index (χ1) is 62.8. The number of nitrogens with one attached hydrogen (secondary N) is 6. The molecule has 0 spiro atoms. The SMILES string of the molecule is C/C(=N\NC(=O)c1ccc(C(=O)O)s1)c1nn(C)c(-c2ccc(C(F)(F)F)cc2)c1O.C/C(=N\NC(=S)Nc1ccc(C(=O)O)c([N+](=O)[O-])c1)c1csc(-c2ccc(C(C)(C)C)cc2)c1O.COC(=O)c1ccc(C(=O)N/N=C(\C)c2nn(C)c(-c3ccc(C(F)(F)F)cc3)c2O)s1.COC(=O)c1ccc(NC(=S)N/N=C(\C)c2csc(-c3ccc(C(C)(C)C)cc3)c2O)cc1[N+](=O)[O-]. The van der Waals surface area contributed by atoms with Gasteiger partial charge in [0.2, 0.25) is 0 Å². The van der Waals surface area contributed by atoms with E-state index in [-0.39, 0.29) is 109 Å². The fraction of sp³-hybridized carbons (Fsp3) is 0.205. The quantitative estimate of drug-likeness (QED) is 0.00749. The summed E-state index contributed by atoms with van der Waals surface area (Å²) >= 11 is 14.9. The fourth-order valence-electron chi connectivity index (χ4n) is 12.1. The molecular weight excluding hydrogens is 1880 g/mol. The van der Waals surface area contributed by atoms with Crippen molar-refractivity contribution >= 4 is 161 Å². The van der Waals surface area contributed by atoms with Gasteiger partial charge in [-0.2, -0.15) is 56.9 Å². The van der Waals surface area contributed by atoms with E-state index in [9.17, 15) is 95.8 Å². The number of carbonyl (C=O) groups is 6. The highest BCUT2D eigenvalue weighted by molar-refractivity contribution is 7.80. The van der Waals surface area contributed by atoms with Crippen molar-refractivity contribution in [2.24, 2.45) is 34.5 Å². The summed E-state index contributed by atoms with van der Waals surface area (Å²) < 4.78 is 88.4. The van der Waals surface area contributed by atoms with Gasteiger partial charge in [0.1, 0.15) is 43.8 Å². The first kappa shape index (κ1) is 103. The van der Waals surface area contributed by atoms with Crippen molar-refractivity contribution in [3.05, 3.63) is 264 Å². The summed E-state index contributed by atoms with van der Waals surface area (Å²) in [6.07, 6.45) is -8.95. The monoisotopic (exact) mass is 1960 g/mol. The number of ether oxygens (including phenoxy) is 2. The number of nitrogens with zero attached hydrogens (tertiary/aromatic N) is 10. The molecular formula is C88H82F6N16O18S6. The van der Waals surface area contributed by atoms with Crippen LogP contribution in [0.25, 0.3) is 43.4 Å². The number of thiophene rings is 4. The number of carboxylic acids is 2. The van der Waals surface area contributed by atoms with Gasteiger partial charge in [0.15, 0.2) is 33.1 Å². The van der Waals surface area contributed by atoms with Gasteiger partial charge in [0.25, 0.3) is 23.2 Å². The highest BCUT2D eigenvalue weighted by Gasteiger charge is 2.34. The molecule has 0 aliphatic heterocycles. The minimum Gasteiger partial charge on any atom is -0.506 e. The third-order valence-corrected chi connectivity index (χ3v) is 23.7. The molecule has 46 heteroatoms. The van der Waals surface area contributed by atoms with E-state index in [2.05, 4.69) is 126 Å². The number of hydrogen-bond acceptors (Lipinski definition) is 28. The molecule has 6 aromatic carbocycles. The van der Waals surface area contributed by atoms with Crippen LogP contribution in [-0.4, -0.2) is 143 Å². The molecule has 12 N–H and O–H groups in total. The first-order valence-electron chi connectivity index (χ1n) is 38.8. The second kappa shape index (κ2) is 43.4. The van der Waals surface area contributed by atoms with E-state index in [4.69, 9.17) is 34.6 Å². The minimum absolute atomic E-state index is 0.00518. The van der Waals surface area contributed by atoms with E-state index in [0.717, 1.165) is 87.1 Å². The number of benzene rings is 6. The number of hydrazone groups is 4. The number of aromatic nitrogens is 4. The number of amides is 2. The molecule has 0 saturated heterocycles. The van der Waals surface area contributed by atoms with Crippen molar-refractivity contribution in [1.82, 2.24) is 41.3 Å². The Morgan fingerprint density at radius 1 is 0.425 bits per heavy atom. The number of nitro groups is 2. The number of aryl methyl sites for hydroxylation is 2. The maximum atomic E-state index is 12.8. The molecule has 0 fully saturated rings. The summed E-state index contributed by atoms with van der Waals surface area (Å²) in [5.74, 6) is -5.54. The Morgan fingerprint density at radius 2 is 0.754 bits per heavy atom. The summed E-state index contributed by atoms with van der Waals surface area (Å²) in [7, 11) is 5.39. The third kappa shape index (κ3) is 25.8. The molecule has 0 atom stereocenters. The molecule has 34 nitrogen and oxygen atoms in total. The third-order valence-electron chi connectivity index (χ3n) is 19.1. The Morgan fingerprint density at radius 3 is 1.09 bits per heavy atom. The van der Waals surface area contributed by atoms with E-state index >= 15 is 0 Å². The molecule has 6 aromatic heterocycles. The highest BCUT2D eigenvalue weighted by Crippen LogP contribution is 2.43. The number of carboxylic acid groups (broad SMARTS) is 2. The predicted octanol–water partition coefficient (Wildman–Crippen LogP) is 19.1. The number of anilines is 2. The predicted molar refractivity (Wildman–Crippen MR) is 505 cm³/mol. The second-order valence-corrected chi connectivity index (χ2v) is 35.2. The average Bonchev–Trinajstić information content (AvgIpc) is 1.64. The van der Waals surface area contributed by atoms with Gasteiger partial charge in [-0.15, -0.1) is 45.3 Å². The number of esters is 2. The maximum absolute atomic E-state index is 12.8. The van der Waals surface area contributed by atoms with Crippen LogP contribution in [0.5, 0.6) is 23.0 Å². The van der Waals surface area contributed by atoms with Crippen molar-refractivity contribution in [3.63, 3.8) is 0 Å². The van der Waals surface area contributed by atoms with E-state index in [0.29, 0.717) is 39.4 Å². The largest absolute Gasteiger partial charge is 0.506 e. The van der Waals surface area contributed by atoms with E-state index in [1.165, 1.54) is 151 Å². The van der Waals surface area contributed by atoms with Gasteiger partial charge in [-0.25, -0.2) is 30.0 Å². The number of rotatable bonds is 22. The highest BCUT2D eigenvalue weighted by atomic mass is 32.1. The number of halogens is 6. The number of aromatic carboxylic acids is 2. The van der Waals surface area contributed by atoms with Crippen LogP contribution in [0.3, 0.4) is 0 Å². The average molecular weight is 1960 g/mol. The normalized spacial score (nSPS) is 11.9. The summed E-state index contributed by atoms with van der Waals surface area (Å²) in [5, 5.41) is 117. The molecule has 0 saturated carbocycles. The van der Waals surface area contributed by atoms with Gasteiger partial charge in [-0.3, -0.25) is 50.0 Å². The zero-order chi connectivity index (χ0) is 99.1. The number of nitro benzene ring substituents is 2. The Labute approximate surface area is 785 Å². The van der Waals surface area contributed by atoms with Gasteiger partial charge in [-0.05, 0) is 158 Å². The van der Waals surface area contributed by atoms with Crippen LogP contribution in [0.4, 0.5) is 49.1 Å². The summed E-state index contributed by atoms with van der Waals surface area (Å²) in [4.78, 5) is 92.7. The van der Waals surface area contributed by atoms with Crippen LogP contribution in [0, 0.1) is 20.2 Å². The molecule has 0 radical (unpaired) electrons. The van der Waals surface area contributed by atoms with Gasteiger partial charge in [0, 0.05) is 59.5 Å². The van der Waals surface area contributed by atoms with E-state index in [1.54, 1.807) is 19.2 Å². The van der Waals surface area contributed by atoms with Gasteiger partial charge in [-0.1, -0.05) is 114 Å². The van der Waals surface area contributed by atoms with Crippen LogP contribution in [0.15, 0.2) is 189 Å². The van der Waals surface area contributed by atoms with Crippen LogP contribution in [-0.2, 0) is 46.8 Å². The molecule has 12 rings (SSSR count). The van der Waals surface area contributed by atoms with Crippen molar-refractivity contribution in [2.75, 3.05) is 24.9 Å². The summed E-state index contributed by atoms with van der Waals surface area (Å²) in [5.41, 5.74) is 14.9. The van der Waals surface area contributed by atoms with E-state index < -0.39 is 86.0 Å². The van der Waals surface area contributed by atoms with Crippen LogP contribution >= 0.6 is 69.8 Å². The lowest BCUT2D eigenvalue weighted by molar-refractivity contribution is -0.385. The van der Waals surface area contributed by atoms with Crippen molar-refractivity contribution in [1.29, 1.82) is 0 Å². The van der Waals surface area contributed by atoms with Gasteiger partial charge >= 0.3 is 36.2 Å². The van der Waals surface area contributed by atoms with Crippen molar-refractivity contribution in [3.8, 4) is 66.4 Å². The number of carbonyl (C=O) groups excluding carboxylic acids is 4. The van der Waals surface area contributed by atoms with Crippen LogP contribution in [0.2, 0.25) is 0 Å². The molecule has 134 heavy (non-hydrogen) atoms. The lowest BCUT2D eigenvalue weighted by atomic mass is 9.86. The number of thiocarbonyl (C=S) groups is 2. The van der Waals surface area contributed by atoms with Gasteiger partial charge < -0.3 is 50.7 Å². The van der Waals surface area contributed by atoms with Crippen molar-refractivity contribution < 1.29 is 105 Å². The molecule has 700 valence electrons. The Bertz CT molecular complexity index is 6620. The minimum atomic E-state index is -4.48. The molecule has 0 aliphatic rings. The smallest absolute Gasteiger partial charge is 0.416 e. The Kier molecular flexibility index (Phi) is 33.2. The molecule has 6 heterocycles.